The van der Waals surface area contributed by atoms with Gasteiger partial charge in [-0.1, -0.05) is 18.2 Å². The van der Waals surface area contributed by atoms with Crippen LogP contribution in [0, 0.1) is 0 Å². The van der Waals surface area contributed by atoms with Crippen molar-refractivity contribution < 1.29 is 0 Å². The molecule has 0 atom stereocenters. The van der Waals surface area contributed by atoms with Gasteiger partial charge < -0.3 is 4.90 Å². The minimum absolute atomic E-state index is 0.649. The van der Waals surface area contributed by atoms with Gasteiger partial charge in [-0.2, -0.15) is 10.2 Å². The van der Waals surface area contributed by atoms with Crippen LogP contribution in [0.5, 0.6) is 0 Å². The number of benzene rings is 1. The Morgan fingerprint density at radius 3 is 2.84 bits per heavy atom. The molecule has 1 aromatic heterocycles. The third kappa shape index (κ3) is 2.52. The highest BCUT2D eigenvalue weighted by Crippen LogP contribution is 2.33. The fourth-order valence-electron chi connectivity index (χ4n) is 2.65. The second-order valence-corrected chi connectivity index (χ2v) is 5.45. The molecule has 1 heterocycles. The summed E-state index contributed by atoms with van der Waals surface area (Å²) >= 11 is 5.86. The highest BCUT2D eigenvalue weighted by atomic mass is 35.5. The lowest BCUT2D eigenvalue weighted by Gasteiger charge is -2.39. The number of aromatic nitrogens is 2. The number of fused-ring (bicyclic) bond motifs is 1. The predicted molar refractivity (Wildman–Crippen MR) is 79.9 cm³/mol. The minimum atomic E-state index is 0.649. The first-order chi connectivity index (χ1) is 9.40. The van der Waals surface area contributed by atoms with Crippen molar-refractivity contribution in [3.8, 4) is 0 Å². The van der Waals surface area contributed by atoms with E-state index in [0.29, 0.717) is 11.9 Å². The van der Waals surface area contributed by atoms with Crippen molar-refractivity contribution in [1.29, 1.82) is 0 Å². The summed E-state index contributed by atoms with van der Waals surface area (Å²) in [5.74, 6) is 0.708. The zero-order chi connectivity index (χ0) is 13.1. The van der Waals surface area contributed by atoms with Gasteiger partial charge in [0.1, 0.15) is 0 Å². The van der Waals surface area contributed by atoms with Gasteiger partial charge in [-0.25, -0.2) is 0 Å². The van der Waals surface area contributed by atoms with E-state index in [9.17, 15) is 0 Å². The molecule has 3 nitrogen and oxygen atoms in total. The zero-order valence-electron chi connectivity index (χ0n) is 10.9. The number of hydrogen-bond acceptors (Lipinski definition) is 3. The van der Waals surface area contributed by atoms with Crippen LogP contribution in [-0.4, -0.2) is 28.7 Å². The normalized spacial score (nSPS) is 15.4. The van der Waals surface area contributed by atoms with Gasteiger partial charge >= 0.3 is 0 Å². The summed E-state index contributed by atoms with van der Waals surface area (Å²) in [6.07, 6.45) is 6.79. The van der Waals surface area contributed by atoms with E-state index in [2.05, 4.69) is 27.2 Å². The molecule has 1 aromatic carbocycles. The highest BCUT2D eigenvalue weighted by molar-refractivity contribution is 6.17. The maximum atomic E-state index is 5.86. The second-order valence-electron chi connectivity index (χ2n) is 5.07. The Labute approximate surface area is 118 Å². The quantitative estimate of drug-likeness (QED) is 0.781. The fourth-order valence-corrected chi connectivity index (χ4v) is 2.77. The Hall–Kier alpha value is -1.35. The Kier molecular flexibility index (Phi) is 3.83. The van der Waals surface area contributed by atoms with Crippen molar-refractivity contribution in [2.24, 2.45) is 0 Å². The molecule has 1 saturated carbocycles. The number of anilines is 1. The molecule has 0 bridgehead atoms. The third-order valence-electron chi connectivity index (χ3n) is 3.88. The Bertz CT molecular complexity index is 549. The average molecular weight is 276 g/mol. The van der Waals surface area contributed by atoms with E-state index in [-0.39, 0.29) is 0 Å². The molecule has 0 N–H and O–H groups in total. The van der Waals surface area contributed by atoms with Crippen molar-refractivity contribution in [3.05, 3.63) is 30.5 Å². The van der Waals surface area contributed by atoms with E-state index in [4.69, 9.17) is 11.6 Å². The zero-order valence-corrected chi connectivity index (χ0v) is 11.7. The molecular formula is C15H18ClN3. The summed E-state index contributed by atoms with van der Waals surface area (Å²) in [6.45, 7) is 1.00. The maximum absolute atomic E-state index is 5.86. The van der Waals surface area contributed by atoms with Crippen LogP contribution < -0.4 is 4.90 Å². The summed E-state index contributed by atoms with van der Waals surface area (Å²) in [7, 11) is 0. The van der Waals surface area contributed by atoms with Crippen LogP contribution in [0.3, 0.4) is 0 Å². The van der Waals surface area contributed by atoms with Crippen LogP contribution in [0.1, 0.15) is 25.7 Å². The van der Waals surface area contributed by atoms with Crippen molar-refractivity contribution >= 4 is 28.2 Å². The number of hydrogen-bond donors (Lipinski definition) is 0. The largest absolute Gasteiger partial charge is 0.367 e. The van der Waals surface area contributed by atoms with Gasteiger partial charge in [0, 0.05) is 23.9 Å². The van der Waals surface area contributed by atoms with Crippen molar-refractivity contribution in [3.63, 3.8) is 0 Å². The molecule has 0 radical (unpaired) electrons. The van der Waals surface area contributed by atoms with Gasteiger partial charge in [-0.15, -0.1) is 11.6 Å². The lowest BCUT2D eigenvalue weighted by Crippen LogP contribution is -2.41. The molecule has 1 aliphatic rings. The van der Waals surface area contributed by atoms with Crippen LogP contribution in [-0.2, 0) is 0 Å². The first-order valence-electron chi connectivity index (χ1n) is 6.93. The molecule has 1 fully saturated rings. The molecule has 100 valence electrons. The topological polar surface area (TPSA) is 29.0 Å². The standard InChI is InChI=1S/C15H18ClN3/c16-9-4-10-19(12-5-3-6-12)15-11-17-18-14-8-2-1-7-13(14)15/h1-2,7-8,11-12H,3-6,9-10H2. The Morgan fingerprint density at radius 2 is 2.11 bits per heavy atom. The van der Waals surface area contributed by atoms with Gasteiger partial charge in [0.15, 0.2) is 0 Å². The number of halogens is 1. The van der Waals surface area contributed by atoms with E-state index in [0.717, 1.165) is 18.5 Å². The molecule has 4 heteroatoms. The highest BCUT2D eigenvalue weighted by Gasteiger charge is 2.26. The molecule has 0 amide bonds. The van der Waals surface area contributed by atoms with E-state index in [1.807, 2.05) is 18.3 Å². The van der Waals surface area contributed by atoms with Crippen LogP contribution in [0.2, 0.25) is 0 Å². The summed E-state index contributed by atoms with van der Waals surface area (Å²) in [6, 6.07) is 8.87. The molecule has 3 rings (SSSR count). The van der Waals surface area contributed by atoms with Crippen molar-refractivity contribution in [2.45, 2.75) is 31.7 Å². The van der Waals surface area contributed by atoms with Gasteiger partial charge in [0.25, 0.3) is 0 Å². The molecular weight excluding hydrogens is 258 g/mol. The molecule has 1 aliphatic carbocycles. The van der Waals surface area contributed by atoms with Crippen LogP contribution in [0.25, 0.3) is 10.9 Å². The van der Waals surface area contributed by atoms with Crippen LogP contribution in [0.15, 0.2) is 30.5 Å². The molecule has 2 aromatic rings. The molecule has 0 unspecified atom stereocenters. The van der Waals surface area contributed by atoms with Crippen LogP contribution in [0.4, 0.5) is 5.69 Å². The second kappa shape index (κ2) is 5.74. The maximum Gasteiger partial charge on any atom is 0.0950 e. The predicted octanol–water partition coefficient (Wildman–Crippen LogP) is 3.62. The monoisotopic (exact) mass is 275 g/mol. The molecule has 0 spiro atoms. The molecule has 19 heavy (non-hydrogen) atoms. The lowest BCUT2D eigenvalue weighted by atomic mass is 9.90. The average Bonchev–Trinajstić information content (AvgIpc) is 2.41. The van der Waals surface area contributed by atoms with Gasteiger partial charge in [0.05, 0.1) is 17.4 Å². The first kappa shape index (κ1) is 12.7. The summed E-state index contributed by atoms with van der Waals surface area (Å²) in [5, 5.41) is 9.56. The minimum Gasteiger partial charge on any atom is -0.367 e. The number of alkyl halides is 1. The smallest absolute Gasteiger partial charge is 0.0950 e. The van der Waals surface area contributed by atoms with E-state index >= 15 is 0 Å². The van der Waals surface area contributed by atoms with Gasteiger partial charge in [0.2, 0.25) is 0 Å². The summed E-state index contributed by atoms with van der Waals surface area (Å²) in [4.78, 5) is 2.48. The van der Waals surface area contributed by atoms with E-state index in [1.165, 1.54) is 30.3 Å². The lowest BCUT2D eigenvalue weighted by molar-refractivity contribution is 0.386. The third-order valence-corrected chi connectivity index (χ3v) is 4.15. The summed E-state index contributed by atoms with van der Waals surface area (Å²) in [5.41, 5.74) is 2.18. The first-order valence-corrected chi connectivity index (χ1v) is 7.46. The Balaban J connectivity index is 1.98. The van der Waals surface area contributed by atoms with E-state index in [1.54, 1.807) is 0 Å². The fraction of sp³-hybridized carbons (Fsp3) is 0.467. The number of rotatable bonds is 5. The van der Waals surface area contributed by atoms with E-state index < -0.39 is 0 Å². The van der Waals surface area contributed by atoms with Crippen molar-refractivity contribution in [1.82, 2.24) is 10.2 Å². The van der Waals surface area contributed by atoms with Crippen LogP contribution >= 0.6 is 11.6 Å². The molecule has 0 aliphatic heterocycles. The van der Waals surface area contributed by atoms with Gasteiger partial charge in [-0.3, -0.25) is 0 Å². The molecule has 0 saturated heterocycles. The Morgan fingerprint density at radius 1 is 1.26 bits per heavy atom. The number of nitrogens with zero attached hydrogens (tertiary/aromatic N) is 3. The summed E-state index contributed by atoms with van der Waals surface area (Å²) < 4.78 is 0. The SMILES string of the molecule is ClCCCN(c1cnnc2ccccc12)C1CCC1. The van der Waals surface area contributed by atoms with Gasteiger partial charge in [-0.05, 0) is 31.7 Å². The van der Waals surface area contributed by atoms with Crippen molar-refractivity contribution in [2.75, 3.05) is 17.3 Å².